The largest absolute Gasteiger partial charge is 0.454 e. The molecule has 0 bridgehead atoms. The lowest BCUT2D eigenvalue weighted by molar-refractivity contribution is -0.391. The van der Waals surface area contributed by atoms with E-state index in [1.54, 1.807) is 11.8 Å². The van der Waals surface area contributed by atoms with Crippen LogP contribution >= 0.6 is 11.8 Å². The van der Waals surface area contributed by atoms with Crippen LogP contribution in [0.2, 0.25) is 0 Å². The Balaban J connectivity index is 0.991. The Morgan fingerprint density at radius 1 is 0.294 bits per heavy atom. The van der Waals surface area contributed by atoms with Gasteiger partial charge in [-0.2, -0.15) is 0 Å². The van der Waals surface area contributed by atoms with E-state index in [0.29, 0.717) is 12.4 Å². The van der Waals surface area contributed by atoms with Gasteiger partial charge in [0.15, 0.2) is 18.7 Å². The number of thioether (sulfide) groups is 1. The molecule has 0 saturated carbocycles. The molecule has 534 valence electrons. The molecule has 9 aromatic rings. The number of carbonyl (C=O) groups excluding carboxylic acids is 1. The molecule has 3 aliphatic rings. The first-order chi connectivity index (χ1) is 50.4. The minimum atomic E-state index is -1.46. The fourth-order valence-corrected chi connectivity index (χ4v) is 13.8. The fourth-order valence-electron chi connectivity index (χ4n) is 12.8. The van der Waals surface area contributed by atoms with Crippen LogP contribution in [0.15, 0.2) is 273 Å². The van der Waals surface area contributed by atoms with Gasteiger partial charge in [-0.25, -0.2) is 0 Å². The quantitative estimate of drug-likeness (QED) is 0.0339. The Morgan fingerprint density at radius 2 is 0.529 bits per heavy atom. The number of esters is 1. The molecule has 17 heteroatoms. The van der Waals surface area contributed by atoms with Crippen molar-refractivity contribution in [3.8, 4) is 0 Å². The number of carbonyl (C=O) groups is 1. The van der Waals surface area contributed by atoms with Crippen molar-refractivity contribution in [1.29, 1.82) is 0 Å². The number of hydrogen-bond donors (Lipinski definition) is 0. The molecule has 0 aromatic heterocycles. The van der Waals surface area contributed by atoms with Gasteiger partial charge in [0.25, 0.3) is 0 Å². The Morgan fingerprint density at radius 3 is 0.814 bits per heavy atom. The molecule has 3 saturated heterocycles. The van der Waals surface area contributed by atoms with E-state index in [1.807, 2.05) is 273 Å². The van der Waals surface area contributed by atoms with E-state index in [1.165, 1.54) is 6.92 Å². The first-order valence-corrected chi connectivity index (χ1v) is 36.3. The highest BCUT2D eigenvalue weighted by atomic mass is 32.2. The smallest absolute Gasteiger partial charge is 0.303 e. The summed E-state index contributed by atoms with van der Waals surface area (Å²) in [4.78, 5) is 14.1. The monoisotopic (exact) mass is 1400 g/mol. The number of rotatable bonds is 37. The zero-order valence-electron chi connectivity index (χ0n) is 57.8. The van der Waals surface area contributed by atoms with Crippen LogP contribution in [0.3, 0.4) is 0 Å². The second kappa shape index (κ2) is 39.8. The minimum absolute atomic E-state index is 0.00123. The molecule has 3 aliphatic heterocycles. The second-order valence-corrected chi connectivity index (χ2v) is 26.8. The fraction of sp³-hybridized carbons (Fsp3) is 0.353. The van der Waals surface area contributed by atoms with Crippen LogP contribution in [0.4, 0.5) is 0 Å². The molecule has 3 fully saturated rings. The Bertz CT molecular complexity index is 3770. The molecule has 3 heterocycles. The van der Waals surface area contributed by atoms with Crippen LogP contribution in [0.25, 0.3) is 0 Å². The average Bonchev–Trinajstić information content (AvgIpc) is 0.763. The predicted octanol–water partition coefficient (Wildman–Crippen LogP) is 14.8. The van der Waals surface area contributed by atoms with Crippen LogP contribution < -0.4 is 0 Å². The van der Waals surface area contributed by atoms with Crippen molar-refractivity contribution in [2.75, 3.05) is 25.6 Å². The topological polar surface area (TPSA) is 156 Å². The summed E-state index contributed by atoms with van der Waals surface area (Å²) in [6.45, 7) is 5.37. The third kappa shape index (κ3) is 21.9. The third-order valence-electron chi connectivity index (χ3n) is 17.9. The highest BCUT2D eigenvalue weighted by Gasteiger charge is 2.58. The van der Waals surface area contributed by atoms with Gasteiger partial charge in [-0.15, -0.1) is 11.8 Å². The van der Waals surface area contributed by atoms with Gasteiger partial charge in [0.2, 0.25) is 0 Å². The van der Waals surface area contributed by atoms with Crippen molar-refractivity contribution < 1.29 is 75.8 Å². The Hall–Kier alpha value is -7.76. The van der Waals surface area contributed by atoms with E-state index in [-0.39, 0.29) is 72.7 Å². The van der Waals surface area contributed by atoms with Crippen molar-refractivity contribution in [3.05, 3.63) is 323 Å². The molecule has 7 unspecified atom stereocenters. The number of benzene rings is 9. The van der Waals surface area contributed by atoms with Crippen molar-refractivity contribution in [1.82, 2.24) is 0 Å². The Kier molecular flexibility index (Phi) is 28.8. The lowest BCUT2D eigenvalue weighted by Gasteiger charge is -2.52. The van der Waals surface area contributed by atoms with Crippen LogP contribution in [0, 0.1) is 0 Å². The summed E-state index contributed by atoms with van der Waals surface area (Å²) in [6.07, 6.45) is -14.5. The third-order valence-corrected chi connectivity index (χ3v) is 18.9. The first kappa shape index (κ1) is 74.0. The summed E-state index contributed by atoms with van der Waals surface area (Å²) in [5.74, 6) is 0.00488. The van der Waals surface area contributed by atoms with E-state index in [0.717, 1.165) is 50.1 Å². The van der Waals surface area contributed by atoms with E-state index in [9.17, 15) is 4.79 Å². The molecule has 0 N–H and O–H groups in total. The Labute approximate surface area is 603 Å². The molecule has 9 aromatic carbocycles. The summed E-state index contributed by atoms with van der Waals surface area (Å²) in [6, 6.07) is 89.5. The standard InChI is InChI=1S/C85H92O16S/c1-3-102-85-82(79(95-57-70-47-29-12-30-48-70)76(92-54-67-41-23-9-24-42-67)73(99-85)60-89-51-64-35-17-6-18-36-64)101-84-81(78(94-56-69-45-27-11-28-46-69)75(91-53-66-39-21-8-22-40-66)72(98-84)59-88-50-63-33-15-5-16-34-63)100-83-80(96-61(2)86)77(93-55-68-43-25-10-26-44-68)74(90-52-65-37-19-7-20-38-65)71(97-83)58-87-49-62-31-13-4-14-32-62/h4-48,71-85H,3,49-60H2,1-2H3/t71?,72?,73?,74-,75-,76-,77?,78+,79+,80?,81?,82?,83-,84-,85-/m1/s1. The first-order valence-electron chi connectivity index (χ1n) is 35.2. The van der Waals surface area contributed by atoms with Crippen molar-refractivity contribution in [2.45, 2.75) is 165 Å². The molecule has 0 spiro atoms. The molecule has 12 rings (SSSR count). The SMILES string of the molecule is CCS[C@H]1OC(COCc2ccccc2)[C@@H](OCc2ccccc2)[C@H](OCc2ccccc2)C1O[C@H]1OC(COCc2ccccc2)[C@@H](OCc2ccccc2)[C@H](OCc2ccccc2)C1O[C@H]1OC(COCc2ccccc2)[C@@H](OCc2ccccc2)C(OCc2ccccc2)C1OC(C)=O. The lowest BCUT2D eigenvalue weighted by Crippen LogP contribution is -2.68. The van der Waals surface area contributed by atoms with Gasteiger partial charge in [-0.05, 0) is 55.8 Å². The van der Waals surface area contributed by atoms with Crippen LogP contribution in [-0.2, 0) is 135 Å². The van der Waals surface area contributed by atoms with Gasteiger partial charge in [-0.1, -0.05) is 280 Å². The molecule has 16 nitrogen and oxygen atoms in total. The summed E-state index contributed by atoms with van der Waals surface area (Å²) in [7, 11) is 0. The average molecular weight is 1400 g/mol. The van der Waals surface area contributed by atoms with Gasteiger partial charge in [0.05, 0.1) is 79.3 Å². The maximum atomic E-state index is 14.1. The van der Waals surface area contributed by atoms with Gasteiger partial charge in [0, 0.05) is 6.92 Å². The molecular weight excluding hydrogens is 1310 g/mol. The van der Waals surface area contributed by atoms with Gasteiger partial charge >= 0.3 is 5.97 Å². The normalized spacial score (nSPS) is 25.0. The van der Waals surface area contributed by atoms with Crippen LogP contribution in [0.5, 0.6) is 0 Å². The zero-order chi connectivity index (χ0) is 69.8. The van der Waals surface area contributed by atoms with E-state index in [2.05, 4.69) is 6.92 Å². The highest BCUT2D eigenvalue weighted by Crippen LogP contribution is 2.41. The number of ether oxygens (including phenoxy) is 15. The predicted molar refractivity (Wildman–Crippen MR) is 388 cm³/mol. The molecule has 102 heavy (non-hydrogen) atoms. The van der Waals surface area contributed by atoms with Gasteiger partial charge in [-0.3, -0.25) is 4.79 Å². The van der Waals surface area contributed by atoms with Crippen molar-refractivity contribution >= 4 is 17.7 Å². The molecular formula is C85H92O16S. The summed E-state index contributed by atoms with van der Waals surface area (Å²) >= 11 is 1.57. The van der Waals surface area contributed by atoms with Crippen molar-refractivity contribution in [3.63, 3.8) is 0 Å². The summed E-state index contributed by atoms with van der Waals surface area (Å²) < 4.78 is 108. The minimum Gasteiger partial charge on any atom is -0.454 e. The van der Waals surface area contributed by atoms with E-state index < -0.39 is 97.2 Å². The maximum absolute atomic E-state index is 14.1. The molecule has 0 radical (unpaired) electrons. The van der Waals surface area contributed by atoms with Gasteiger partial charge < -0.3 is 71.1 Å². The molecule has 0 amide bonds. The van der Waals surface area contributed by atoms with E-state index in [4.69, 9.17) is 71.1 Å². The zero-order valence-corrected chi connectivity index (χ0v) is 58.6. The maximum Gasteiger partial charge on any atom is 0.303 e. The van der Waals surface area contributed by atoms with Gasteiger partial charge in [0.1, 0.15) is 72.6 Å². The van der Waals surface area contributed by atoms with Crippen LogP contribution in [0.1, 0.15) is 63.9 Å². The molecule has 15 atom stereocenters. The van der Waals surface area contributed by atoms with Crippen molar-refractivity contribution in [2.24, 2.45) is 0 Å². The molecule has 0 aliphatic carbocycles. The van der Waals surface area contributed by atoms with E-state index >= 15 is 0 Å². The highest BCUT2D eigenvalue weighted by molar-refractivity contribution is 7.99. The summed E-state index contributed by atoms with van der Waals surface area (Å²) in [5, 5.41) is 0. The number of hydrogen-bond acceptors (Lipinski definition) is 17. The summed E-state index contributed by atoms with van der Waals surface area (Å²) in [5.41, 5.74) is 7.65. The lowest BCUT2D eigenvalue weighted by atomic mass is 9.95. The second-order valence-electron chi connectivity index (χ2n) is 25.4. The van der Waals surface area contributed by atoms with Crippen LogP contribution in [-0.4, -0.2) is 123 Å².